The topological polar surface area (TPSA) is 79.5 Å². The monoisotopic (exact) mass is 305 g/mol. The van der Waals surface area contributed by atoms with Gasteiger partial charge in [0.15, 0.2) is 0 Å². The minimum absolute atomic E-state index is 0.0694. The molecule has 0 unspecified atom stereocenters. The minimum Gasteiger partial charge on any atom is -0.375 e. The number of carbonyl (C=O) groups excluding carboxylic acids is 2. The zero-order valence-electron chi connectivity index (χ0n) is 13.0. The Morgan fingerprint density at radius 3 is 2.64 bits per heavy atom. The molecule has 3 N–H and O–H groups in total. The summed E-state index contributed by atoms with van der Waals surface area (Å²) in [5, 5.41) is 8.79. The number of hydrogen-bond donors (Lipinski definition) is 3. The molecular weight excluding hydrogens is 282 g/mol. The van der Waals surface area contributed by atoms with Gasteiger partial charge in [-0.25, -0.2) is 0 Å². The van der Waals surface area contributed by atoms with Crippen LogP contribution in [0.1, 0.15) is 29.8 Å². The Bertz CT molecular complexity index is 516. The van der Waals surface area contributed by atoms with E-state index in [0.717, 1.165) is 5.56 Å². The van der Waals surface area contributed by atoms with E-state index in [0.29, 0.717) is 31.8 Å². The van der Waals surface area contributed by atoms with Crippen molar-refractivity contribution in [2.75, 3.05) is 19.7 Å². The van der Waals surface area contributed by atoms with Crippen molar-refractivity contribution >= 4 is 11.8 Å². The molecule has 2 rings (SSSR count). The van der Waals surface area contributed by atoms with Gasteiger partial charge >= 0.3 is 0 Å². The minimum atomic E-state index is -0.316. The van der Waals surface area contributed by atoms with Crippen LogP contribution in [-0.4, -0.2) is 43.7 Å². The molecule has 2 atom stereocenters. The normalized spacial score (nSPS) is 21.2. The van der Waals surface area contributed by atoms with Crippen molar-refractivity contribution in [1.82, 2.24) is 16.0 Å². The molecule has 6 heteroatoms. The van der Waals surface area contributed by atoms with Crippen molar-refractivity contribution < 1.29 is 14.3 Å². The average Bonchev–Trinajstić information content (AvgIpc) is 2.54. The summed E-state index contributed by atoms with van der Waals surface area (Å²) >= 11 is 0. The Balaban J connectivity index is 1.86. The first kappa shape index (κ1) is 16.5. The molecule has 0 radical (unpaired) electrons. The Morgan fingerprint density at radius 1 is 1.27 bits per heavy atom. The van der Waals surface area contributed by atoms with Crippen LogP contribution in [0.25, 0.3) is 0 Å². The van der Waals surface area contributed by atoms with Crippen LogP contribution in [-0.2, 0) is 16.1 Å². The van der Waals surface area contributed by atoms with E-state index in [-0.39, 0.29) is 24.0 Å². The van der Waals surface area contributed by atoms with Gasteiger partial charge in [-0.1, -0.05) is 12.1 Å². The van der Waals surface area contributed by atoms with Gasteiger partial charge in [-0.05, 0) is 31.5 Å². The van der Waals surface area contributed by atoms with Crippen LogP contribution in [0.5, 0.6) is 0 Å². The molecule has 120 valence electrons. The highest BCUT2D eigenvalue weighted by molar-refractivity contribution is 5.94. The fourth-order valence-corrected chi connectivity index (χ4v) is 2.36. The van der Waals surface area contributed by atoms with E-state index in [1.54, 1.807) is 12.1 Å². The number of hydrogen-bond acceptors (Lipinski definition) is 4. The molecule has 0 spiro atoms. The van der Waals surface area contributed by atoms with Crippen molar-refractivity contribution in [3.63, 3.8) is 0 Å². The fourth-order valence-electron chi connectivity index (χ4n) is 2.36. The van der Waals surface area contributed by atoms with Crippen LogP contribution in [0.2, 0.25) is 0 Å². The molecular formula is C16H23N3O3. The van der Waals surface area contributed by atoms with Gasteiger partial charge in [-0.2, -0.15) is 0 Å². The number of amides is 2. The Morgan fingerprint density at radius 2 is 2.00 bits per heavy atom. The first-order chi connectivity index (χ1) is 10.6. The number of morpholine rings is 1. The van der Waals surface area contributed by atoms with Crippen LogP contribution >= 0.6 is 0 Å². The van der Waals surface area contributed by atoms with Crippen molar-refractivity contribution in [3.05, 3.63) is 35.4 Å². The average molecular weight is 305 g/mol. The summed E-state index contributed by atoms with van der Waals surface area (Å²) in [4.78, 5) is 23.8. The molecule has 6 nitrogen and oxygen atoms in total. The van der Waals surface area contributed by atoms with E-state index in [1.165, 1.54) is 0 Å². The third kappa shape index (κ3) is 4.29. The highest BCUT2D eigenvalue weighted by atomic mass is 16.5. The first-order valence-corrected chi connectivity index (χ1v) is 7.61. The molecule has 1 fully saturated rings. The molecule has 1 aromatic rings. The third-order valence-electron chi connectivity index (χ3n) is 3.62. The van der Waals surface area contributed by atoms with Crippen LogP contribution < -0.4 is 16.0 Å². The molecule has 1 heterocycles. The smallest absolute Gasteiger partial charge is 0.251 e. The maximum atomic E-state index is 12.1. The van der Waals surface area contributed by atoms with E-state index in [4.69, 9.17) is 4.74 Å². The molecule has 2 amide bonds. The summed E-state index contributed by atoms with van der Waals surface area (Å²) < 4.78 is 5.46. The molecule has 1 saturated heterocycles. The van der Waals surface area contributed by atoms with E-state index >= 15 is 0 Å². The Hall–Kier alpha value is -1.92. The second kappa shape index (κ2) is 7.91. The molecule has 22 heavy (non-hydrogen) atoms. The lowest BCUT2D eigenvalue weighted by Crippen LogP contribution is -2.55. The van der Waals surface area contributed by atoms with Gasteiger partial charge in [0.1, 0.15) is 6.04 Å². The van der Waals surface area contributed by atoms with Gasteiger partial charge < -0.3 is 20.7 Å². The van der Waals surface area contributed by atoms with Crippen LogP contribution in [0, 0.1) is 0 Å². The maximum Gasteiger partial charge on any atom is 0.251 e. The van der Waals surface area contributed by atoms with Gasteiger partial charge in [0.05, 0.1) is 12.7 Å². The standard InChI is InChI=1S/C16H23N3O3/c1-3-17-15(20)13-6-4-12(5-7-13)10-19-16(21)14-11(2)22-9-8-18-14/h4-7,11,14,18H,3,8-10H2,1-2H3,(H,17,20)(H,19,21)/t11-,14+/m1/s1. The summed E-state index contributed by atoms with van der Waals surface area (Å²) in [6.07, 6.45) is -0.131. The molecule has 0 saturated carbocycles. The fraction of sp³-hybridized carbons (Fsp3) is 0.500. The summed E-state index contributed by atoms with van der Waals surface area (Å²) in [5.74, 6) is -0.157. The van der Waals surface area contributed by atoms with Crippen molar-refractivity contribution in [2.45, 2.75) is 32.5 Å². The van der Waals surface area contributed by atoms with Crippen LogP contribution in [0.15, 0.2) is 24.3 Å². The summed E-state index contributed by atoms with van der Waals surface area (Å²) in [5.41, 5.74) is 1.57. The van der Waals surface area contributed by atoms with Crippen LogP contribution in [0.4, 0.5) is 0 Å². The second-order valence-electron chi connectivity index (χ2n) is 5.28. The van der Waals surface area contributed by atoms with Gasteiger partial charge in [-0.3, -0.25) is 9.59 Å². The molecule has 1 aliphatic heterocycles. The number of rotatable bonds is 5. The van der Waals surface area contributed by atoms with Gasteiger partial charge in [-0.15, -0.1) is 0 Å². The Labute approximate surface area is 130 Å². The lowest BCUT2D eigenvalue weighted by atomic mass is 10.1. The second-order valence-corrected chi connectivity index (χ2v) is 5.28. The predicted octanol–water partition coefficient (Wildman–Crippen LogP) is 0.429. The van der Waals surface area contributed by atoms with Crippen molar-refractivity contribution in [3.8, 4) is 0 Å². The van der Waals surface area contributed by atoms with E-state index < -0.39 is 0 Å². The van der Waals surface area contributed by atoms with Gasteiger partial charge in [0, 0.05) is 25.2 Å². The van der Waals surface area contributed by atoms with Crippen LogP contribution in [0.3, 0.4) is 0 Å². The SMILES string of the molecule is CCNC(=O)c1ccc(CNC(=O)[C@H]2NCCO[C@@H]2C)cc1. The zero-order valence-corrected chi connectivity index (χ0v) is 13.0. The van der Waals surface area contributed by atoms with E-state index in [2.05, 4.69) is 16.0 Å². The third-order valence-corrected chi connectivity index (χ3v) is 3.62. The number of benzene rings is 1. The highest BCUT2D eigenvalue weighted by Gasteiger charge is 2.27. The van der Waals surface area contributed by atoms with Gasteiger partial charge in [0.2, 0.25) is 5.91 Å². The Kier molecular flexibility index (Phi) is 5.91. The first-order valence-electron chi connectivity index (χ1n) is 7.61. The summed E-state index contributed by atoms with van der Waals surface area (Å²) in [7, 11) is 0. The van der Waals surface area contributed by atoms with Gasteiger partial charge in [0.25, 0.3) is 5.91 Å². The molecule has 0 bridgehead atoms. The largest absolute Gasteiger partial charge is 0.375 e. The number of nitrogens with one attached hydrogen (secondary N) is 3. The summed E-state index contributed by atoms with van der Waals surface area (Å²) in [6.45, 7) is 6.12. The van der Waals surface area contributed by atoms with Crippen molar-refractivity contribution in [1.29, 1.82) is 0 Å². The quantitative estimate of drug-likeness (QED) is 0.737. The number of ether oxygens (including phenoxy) is 1. The zero-order chi connectivity index (χ0) is 15.9. The molecule has 1 aliphatic rings. The molecule has 0 aliphatic carbocycles. The van der Waals surface area contributed by atoms with E-state index in [9.17, 15) is 9.59 Å². The summed E-state index contributed by atoms with van der Waals surface area (Å²) in [6, 6.07) is 6.90. The lowest BCUT2D eigenvalue weighted by molar-refractivity contribution is -0.129. The van der Waals surface area contributed by atoms with E-state index in [1.807, 2.05) is 26.0 Å². The lowest BCUT2D eigenvalue weighted by Gasteiger charge is -2.29. The maximum absolute atomic E-state index is 12.1. The molecule has 1 aromatic carbocycles. The predicted molar refractivity (Wildman–Crippen MR) is 83.5 cm³/mol. The number of carbonyl (C=O) groups is 2. The highest BCUT2D eigenvalue weighted by Crippen LogP contribution is 2.07. The molecule has 0 aromatic heterocycles. The van der Waals surface area contributed by atoms with Crippen molar-refractivity contribution in [2.24, 2.45) is 0 Å².